The number of carboxylic acids is 1. The lowest BCUT2D eigenvalue weighted by Crippen LogP contribution is -2.34. The third-order valence-corrected chi connectivity index (χ3v) is 6.78. The zero-order chi connectivity index (χ0) is 20.8. The van der Waals surface area contributed by atoms with Crippen molar-refractivity contribution in [1.82, 2.24) is 4.98 Å². The van der Waals surface area contributed by atoms with Crippen molar-refractivity contribution in [1.29, 1.82) is 0 Å². The lowest BCUT2D eigenvalue weighted by molar-refractivity contribution is 0.0701. The molecular formula is C23H20N2O4S. The van der Waals surface area contributed by atoms with Gasteiger partial charge in [-0.2, -0.15) is 0 Å². The molecule has 1 fully saturated rings. The van der Waals surface area contributed by atoms with Crippen LogP contribution in [0.3, 0.4) is 0 Å². The lowest BCUT2D eigenvalue weighted by atomic mass is 9.98. The van der Waals surface area contributed by atoms with Gasteiger partial charge in [0.05, 0.1) is 5.69 Å². The third kappa shape index (κ3) is 3.15. The smallest absolute Gasteiger partial charge is 0.416 e. The molecule has 5 rings (SSSR count). The van der Waals surface area contributed by atoms with E-state index in [-0.39, 0.29) is 23.4 Å². The number of rotatable bonds is 5. The summed E-state index contributed by atoms with van der Waals surface area (Å²) in [5, 5.41) is 9.72. The van der Waals surface area contributed by atoms with Gasteiger partial charge in [-0.25, -0.2) is 19.5 Å². The van der Waals surface area contributed by atoms with Crippen molar-refractivity contribution in [2.45, 2.75) is 31.7 Å². The highest BCUT2D eigenvalue weighted by molar-refractivity contribution is 7.17. The Morgan fingerprint density at radius 3 is 2.23 bits per heavy atom. The Bertz CT molecular complexity index is 1110. The molecule has 1 amide bonds. The van der Waals surface area contributed by atoms with E-state index < -0.39 is 12.1 Å². The van der Waals surface area contributed by atoms with E-state index >= 15 is 0 Å². The molecule has 0 saturated heterocycles. The average Bonchev–Trinajstić information content (AvgIpc) is 3.41. The second-order valence-corrected chi connectivity index (χ2v) is 8.60. The first-order chi connectivity index (χ1) is 14.5. The molecule has 1 heterocycles. The van der Waals surface area contributed by atoms with Crippen molar-refractivity contribution in [2.24, 2.45) is 0 Å². The van der Waals surface area contributed by atoms with Gasteiger partial charge in [0.25, 0.3) is 0 Å². The summed E-state index contributed by atoms with van der Waals surface area (Å²) in [6, 6.07) is 16.4. The number of aromatic nitrogens is 1. The normalized spacial score (nSPS) is 14.8. The summed E-state index contributed by atoms with van der Waals surface area (Å²) in [6.45, 7) is 1.87. The molecule has 0 radical (unpaired) electrons. The number of carboxylic acid groups (broad SMARTS) is 1. The molecule has 0 spiro atoms. The van der Waals surface area contributed by atoms with Gasteiger partial charge in [-0.15, -0.1) is 0 Å². The molecule has 0 unspecified atom stereocenters. The zero-order valence-corrected chi connectivity index (χ0v) is 17.2. The highest BCUT2D eigenvalue weighted by atomic mass is 32.1. The van der Waals surface area contributed by atoms with Crippen molar-refractivity contribution >= 4 is 28.5 Å². The molecule has 152 valence electrons. The Labute approximate surface area is 177 Å². The molecule has 1 aromatic heterocycles. The zero-order valence-electron chi connectivity index (χ0n) is 16.4. The van der Waals surface area contributed by atoms with Gasteiger partial charge >= 0.3 is 12.1 Å². The van der Waals surface area contributed by atoms with Crippen molar-refractivity contribution in [3.05, 3.63) is 70.2 Å². The van der Waals surface area contributed by atoms with E-state index in [0.717, 1.165) is 35.3 Å². The van der Waals surface area contributed by atoms with E-state index in [0.29, 0.717) is 10.8 Å². The van der Waals surface area contributed by atoms with Crippen molar-refractivity contribution in [3.8, 4) is 11.1 Å². The average molecular weight is 420 g/mol. The van der Waals surface area contributed by atoms with Crippen LogP contribution in [0.15, 0.2) is 48.5 Å². The van der Waals surface area contributed by atoms with Crippen LogP contribution in [0.1, 0.15) is 45.3 Å². The molecule has 30 heavy (non-hydrogen) atoms. The quantitative estimate of drug-likeness (QED) is 0.624. The van der Waals surface area contributed by atoms with Gasteiger partial charge in [-0.1, -0.05) is 59.9 Å². The Hall–Kier alpha value is -3.19. The predicted octanol–water partition coefficient (Wildman–Crippen LogP) is 5.07. The van der Waals surface area contributed by atoms with Gasteiger partial charge in [-0.3, -0.25) is 0 Å². The summed E-state index contributed by atoms with van der Waals surface area (Å²) in [5.74, 6) is -1.05. The van der Waals surface area contributed by atoms with Crippen LogP contribution in [-0.4, -0.2) is 34.8 Å². The number of thiazole rings is 1. The number of amides is 1. The molecule has 1 N–H and O–H groups in total. The van der Waals surface area contributed by atoms with Crippen LogP contribution in [0.2, 0.25) is 0 Å². The van der Waals surface area contributed by atoms with Crippen LogP contribution < -0.4 is 4.90 Å². The first kappa shape index (κ1) is 18.8. The van der Waals surface area contributed by atoms with Gasteiger partial charge in [0.1, 0.15) is 11.5 Å². The molecule has 1 saturated carbocycles. The lowest BCUT2D eigenvalue weighted by Gasteiger charge is -2.21. The van der Waals surface area contributed by atoms with E-state index in [9.17, 15) is 14.7 Å². The van der Waals surface area contributed by atoms with Crippen molar-refractivity contribution in [2.75, 3.05) is 11.5 Å². The number of fused-ring (bicyclic) bond motifs is 3. The number of aromatic carboxylic acids is 1. The maximum atomic E-state index is 13.0. The van der Waals surface area contributed by atoms with Crippen molar-refractivity contribution < 1.29 is 19.4 Å². The summed E-state index contributed by atoms with van der Waals surface area (Å²) < 4.78 is 5.77. The molecule has 0 bridgehead atoms. The van der Waals surface area contributed by atoms with Gasteiger partial charge in [0, 0.05) is 12.0 Å². The van der Waals surface area contributed by atoms with E-state index in [1.54, 1.807) is 6.92 Å². The standard InChI is InChI=1S/C23H20N2O4S/c1-13-20(21(26)27)30-22(24-13)25(14-10-11-14)23(28)29-12-19-17-8-4-2-6-15(17)16-7-3-5-9-18(16)19/h2-9,14,19H,10-12H2,1H3,(H,26,27). The van der Waals surface area contributed by atoms with Gasteiger partial charge in [-0.05, 0) is 42.0 Å². The summed E-state index contributed by atoms with van der Waals surface area (Å²) in [6.07, 6.45) is 1.27. The van der Waals surface area contributed by atoms with Crippen LogP contribution in [-0.2, 0) is 4.74 Å². The number of carbonyl (C=O) groups excluding carboxylic acids is 1. The maximum Gasteiger partial charge on any atom is 0.416 e. The fraction of sp³-hybridized carbons (Fsp3) is 0.261. The highest BCUT2D eigenvalue weighted by Gasteiger charge is 2.38. The first-order valence-corrected chi connectivity index (χ1v) is 10.7. The SMILES string of the molecule is Cc1nc(N(C(=O)OCC2c3ccccc3-c3ccccc32)C2CC2)sc1C(=O)O. The summed E-state index contributed by atoms with van der Waals surface area (Å²) in [5.41, 5.74) is 5.08. The second kappa shape index (κ2) is 7.25. The largest absolute Gasteiger partial charge is 0.477 e. The number of anilines is 1. The Kier molecular flexibility index (Phi) is 4.55. The van der Waals surface area contributed by atoms with Crippen LogP contribution in [0.4, 0.5) is 9.93 Å². The maximum absolute atomic E-state index is 13.0. The fourth-order valence-electron chi connectivity index (χ4n) is 4.06. The summed E-state index contributed by atoms with van der Waals surface area (Å²) in [7, 11) is 0. The Balaban J connectivity index is 1.39. The molecule has 0 atom stereocenters. The molecule has 0 aliphatic heterocycles. The van der Waals surface area contributed by atoms with Gasteiger partial charge in [0.2, 0.25) is 0 Å². The fourth-order valence-corrected chi connectivity index (χ4v) is 5.03. The van der Waals surface area contributed by atoms with Gasteiger partial charge < -0.3 is 9.84 Å². The monoisotopic (exact) mass is 420 g/mol. The molecule has 3 aromatic rings. The summed E-state index contributed by atoms with van der Waals surface area (Å²) >= 11 is 1.02. The molecule has 7 heteroatoms. The van der Waals surface area contributed by atoms with Crippen LogP contribution in [0.5, 0.6) is 0 Å². The number of nitrogens with zero attached hydrogens (tertiary/aromatic N) is 2. The summed E-state index contributed by atoms with van der Waals surface area (Å²) in [4.78, 5) is 30.4. The third-order valence-electron chi connectivity index (χ3n) is 5.63. The number of benzene rings is 2. The van der Waals surface area contributed by atoms with Crippen LogP contribution >= 0.6 is 11.3 Å². The van der Waals surface area contributed by atoms with Crippen molar-refractivity contribution in [3.63, 3.8) is 0 Å². The molecular weight excluding hydrogens is 400 g/mol. The number of ether oxygens (including phenoxy) is 1. The minimum absolute atomic E-state index is 0.0185. The number of hydrogen-bond acceptors (Lipinski definition) is 5. The van der Waals surface area contributed by atoms with E-state index in [2.05, 4.69) is 29.2 Å². The predicted molar refractivity (Wildman–Crippen MR) is 114 cm³/mol. The van der Waals surface area contributed by atoms with E-state index in [1.165, 1.54) is 16.0 Å². The van der Waals surface area contributed by atoms with Crippen LogP contribution in [0, 0.1) is 6.92 Å². The van der Waals surface area contributed by atoms with Crippen LogP contribution in [0.25, 0.3) is 11.1 Å². The minimum Gasteiger partial charge on any atom is -0.477 e. The second-order valence-electron chi connectivity index (χ2n) is 7.62. The van der Waals surface area contributed by atoms with E-state index in [4.69, 9.17) is 4.74 Å². The topological polar surface area (TPSA) is 79.7 Å². The molecule has 2 aliphatic rings. The Morgan fingerprint density at radius 2 is 1.70 bits per heavy atom. The first-order valence-electron chi connectivity index (χ1n) is 9.89. The number of hydrogen-bond donors (Lipinski definition) is 1. The molecule has 2 aromatic carbocycles. The highest BCUT2D eigenvalue weighted by Crippen LogP contribution is 2.45. The minimum atomic E-state index is -1.03. The Morgan fingerprint density at radius 1 is 1.10 bits per heavy atom. The van der Waals surface area contributed by atoms with E-state index in [1.807, 2.05) is 24.3 Å². The number of aryl methyl sites for hydroxylation is 1. The van der Waals surface area contributed by atoms with Gasteiger partial charge in [0.15, 0.2) is 5.13 Å². The number of carbonyl (C=O) groups is 2. The molecule has 6 nitrogen and oxygen atoms in total. The molecule has 2 aliphatic carbocycles.